The molecule has 1 heterocycles. The molecule has 0 radical (unpaired) electrons. The summed E-state index contributed by atoms with van der Waals surface area (Å²) in [6.45, 7) is 1.70. The number of hydrogen-bond acceptors (Lipinski definition) is 2. The topological polar surface area (TPSA) is 22.1 Å². The summed E-state index contributed by atoms with van der Waals surface area (Å²) in [5.74, 6) is 1.02. The molecule has 2 rings (SSSR count). The summed E-state index contributed by atoms with van der Waals surface area (Å²) in [6.07, 6.45) is 3.20. The lowest BCUT2D eigenvalue weighted by atomic mass is 10.2. The van der Waals surface area contributed by atoms with Gasteiger partial charge in [0.15, 0.2) is 0 Å². The van der Waals surface area contributed by atoms with Crippen molar-refractivity contribution in [3.05, 3.63) is 53.6 Å². The summed E-state index contributed by atoms with van der Waals surface area (Å²) in [6, 6.07) is 6.50. The molecule has 0 aliphatic heterocycles. The molecule has 0 aliphatic carbocycles. The minimum absolute atomic E-state index is 0.293. The fourth-order valence-electron chi connectivity index (χ4n) is 1.38. The van der Waals surface area contributed by atoms with Crippen LogP contribution in [0.4, 0.5) is 4.39 Å². The zero-order valence-corrected chi connectivity index (χ0v) is 10.0. The first-order valence-corrected chi connectivity index (χ1v) is 5.67. The summed E-state index contributed by atoms with van der Waals surface area (Å²) in [5.41, 5.74) is 1.41. The summed E-state index contributed by atoms with van der Waals surface area (Å²) in [7, 11) is 0. The maximum Gasteiger partial charge on any atom is 0.150 e. The molecule has 0 bridgehead atoms. The minimum atomic E-state index is -0.293. The van der Waals surface area contributed by atoms with Crippen LogP contribution in [0.2, 0.25) is 0 Å². The van der Waals surface area contributed by atoms with E-state index in [1.807, 2.05) is 0 Å². The quantitative estimate of drug-likeness (QED) is 0.768. The smallest absolute Gasteiger partial charge is 0.150 e. The van der Waals surface area contributed by atoms with Gasteiger partial charge in [-0.3, -0.25) is 4.98 Å². The van der Waals surface area contributed by atoms with Crippen molar-refractivity contribution in [2.24, 2.45) is 0 Å². The van der Waals surface area contributed by atoms with Crippen LogP contribution in [0.3, 0.4) is 0 Å². The summed E-state index contributed by atoms with van der Waals surface area (Å²) < 4.78 is 18.9. The van der Waals surface area contributed by atoms with Crippen molar-refractivity contribution in [2.75, 3.05) is 0 Å². The molecule has 0 spiro atoms. The van der Waals surface area contributed by atoms with Crippen LogP contribution >= 0.6 is 11.6 Å². The number of rotatable bonds is 3. The molecule has 0 saturated heterocycles. The fraction of sp³-hybridized carbons (Fsp3) is 0.154. The molecule has 2 aromatic rings. The first-order valence-electron chi connectivity index (χ1n) is 5.13. The van der Waals surface area contributed by atoms with Crippen LogP contribution in [0.25, 0.3) is 0 Å². The molecule has 0 N–H and O–H groups in total. The van der Waals surface area contributed by atoms with Gasteiger partial charge in [0, 0.05) is 17.8 Å². The molecule has 17 heavy (non-hydrogen) atoms. The van der Waals surface area contributed by atoms with E-state index >= 15 is 0 Å². The molecule has 0 unspecified atom stereocenters. The van der Waals surface area contributed by atoms with Gasteiger partial charge in [0.25, 0.3) is 0 Å². The standard InChI is InChI=1S/C13H11ClFNO/c1-9-2-3-11(6-12(9)15)17-13-8-16-5-4-10(13)7-14/h2-6,8H,7H2,1H3. The van der Waals surface area contributed by atoms with E-state index < -0.39 is 0 Å². The predicted octanol–water partition coefficient (Wildman–Crippen LogP) is 4.06. The Hall–Kier alpha value is -1.61. The van der Waals surface area contributed by atoms with Gasteiger partial charge >= 0.3 is 0 Å². The summed E-state index contributed by atoms with van der Waals surface area (Å²) >= 11 is 5.77. The molecule has 1 aromatic heterocycles. The van der Waals surface area contributed by atoms with Crippen LogP contribution in [0.5, 0.6) is 11.5 Å². The van der Waals surface area contributed by atoms with Crippen LogP contribution in [-0.4, -0.2) is 4.98 Å². The van der Waals surface area contributed by atoms with E-state index in [0.29, 0.717) is 22.9 Å². The lowest BCUT2D eigenvalue weighted by Crippen LogP contribution is -1.92. The van der Waals surface area contributed by atoms with E-state index in [2.05, 4.69) is 4.98 Å². The first-order chi connectivity index (χ1) is 8.20. The highest BCUT2D eigenvalue weighted by atomic mass is 35.5. The van der Waals surface area contributed by atoms with Gasteiger partial charge in [0.2, 0.25) is 0 Å². The highest BCUT2D eigenvalue weighted by Crippen LogP contribution is 2.26. The van der Waals surface area contributed by atoms with Gasteiger partial charge < -0.3 is 4.74 Å². The van der Waals surface area contributed by atoms with Crippen molar-refractivity contribution in [3.8, 4) is 11.5 Å². The molecule has 0 saturated carbocycles. The Kier molecular flexibility index (Phi) is 3.59. The van der Waals surface area contributed by atoms with Crippen molar-refractivity contribution in [1.29, 1.82) is 0 Å². The highest BCUT2D eigenvalue weighted by Gasteiger charge is 2.05. The lowest BCUT2D eigenvalue weighted by Gasteiger charge is -2.09. The van der Waals surface area contributed by atoms with Gasteiger partial charge in [-0.1, -0.05) is 6.07 Å². The Bertz CT molecular complexity index is 531. The summed E-state index contributed by atoms with van der Waals surface area (Å²) in [4.78, 5) is 3.95. The Labute approximate surface area is 104 Å². The van der Waals surface area contributed by atoms with E-state index in [-0.39, 0.29) is 5.82 Å². The van der Waals surface area contributed by atoms with E-state index in [9.17, 15) is 4.39 Å². The van der Waals surface area contributed by atoms with Crippen LogP contribution in [0, 0.1) is 12.7 Å². The van der Waals surface area contributed by atoms with Crippen molar-refractivity contribution >= 4 is 11.6 Å². The van der Waals surface area contributed by atoms with Crippen LogP contribution < -0.4 is 4.74 Å². The van der Waals surface area contributed by atoms with Gasteiger partial charge in [0.1, 0.15) is 17.3 Å². The zero-order chi connectivity index (χ0) is 12.3. The molecule has 0 amide bonds. The Morgan fingerprint density at radius 2 is 2.18 bits per heavy atom. The van der Waals surface area contributed by atoms with E-state index in [4.69, 9.17) is 16.3 Å². The number of halogens is 2. The fourth-order valence-corrected chi connectivity index (χ4v) is 1.60. The molecule has 1 aromatic carbocycles. The van der Waals surface area contributed by atoms with E-state index in [0.717, 1.165) is 5.56 Å². The number of pyridine rings is 1. The highest BCUT2D eigenvalue weighted by molar-refractivity contribution is 6.17. The number of nitrogens with zero attached hydrogens (tertiary/aromatic N) is 1. The van der Waals surface area contributed by atoms with Crippen molar-refractivity contribution in [2.45, 2.75) is 12.8 Å². The average molecular weight is 252 g/mol. The second-order valence-electron chi connectivity index (χ2n) is 3.63. The Morgan fingerprint density at radius 3 is 2.88 bits per heavy atom. The third-order valence-corrected chi connectivity index (χ3v) is 2.67. The third-order valence-electron chi connectivity index (χ3n) is 2.39. The Morgan fingerprint density at radius 1 is 1.35 bits per heavy atom. The summed E-state index contributed by atoms with van der Waals surface area (Å²) in [5, 5.41) is 0. The monoisotopic (exact) mass is 251 g/mol. The number of alkyl halides is 1. The van der Waals surface area contributed by atoms with Crippen molar-refractivity contribution < 1.29 is 9.13 Å². The van der Waals surface area contributed by atoms with Gasteiger partial charge in [-0.2, -0.15) is 0 Å². The number of hydrogen-bond donors (Lipinski definition) is 0. The molecule has 0 fully saturated rings. The average Bonchev–Trinajstić information content (AvgIpc) is 2.34. The predicted molar refractivity (Wildman–Crippen MR) is 65.0 cm³/mol. The van der Waals surface area contributed by atoms with Crippen molar-refractivity contribution in [3.63, 3.8) is 0 Å². The second-order valence-corrected chi connectivity index (χ2v) is 3.90. The number of aryl methyl sites for hydroxylation is 1. The third kappa shape index (κ3) is 2.74. The van der Waals surface area contributed by atoms with Gasteiger partial charge in [0.05, 0.1) is 12.1 Å². The molecule has 88 valence electrons. The number of benzene rings is 1. The van der Waals surface area contributed by atoms with E-state index in [1.54, 1.807) is 37.5 Å². The molecule has 2 nitrogen and oxygen atoms in total. The largest absolute Gasteiger partial charge is 0.455 e. The second kappa shape index (κ2) is 5.15. The zero-order valence-electron chi connectivity index (χ0n) is 9.28. The maximum absolute atomic E-state index is 13.3. The molecule has 4 heteroatoms. The van der Waals surface area contributed by atoms with Crippen LogP contribution in [0.1, 0.15) is 11.1 Å². The normalized spacial score (nSPS) is 10.3. The van der Waals surface area contributed by atoms with Crippen LogP contribution in [0.15, 0.2) is 36.7 Å². The number of aromatic nitrogens is 1. The van der Waals surface area contributed by atoms with Gasteiger partial charge in [-0.15, -0.1) is 11.6 Å². The Balaban J connectivity index is 2.28. The SMILES string of the molecule is Cc1ccc(Oc2cnccc2CCl)cc1F. The molecule has 0 atom stereocenters. The molecular weight excluding hydrogens is 241 g/mol. The van der Waals surface area contributed by atoms with Gasteiger partial charge in [-0.25, -0.2) is 4.39 Å². The van der Waals surface area contributed by atoms with Crippen LogP contribution in [-0.2, 0) is 5.88 Å². The van der Waals surface area contributed by atoms with Crippen molar-refractivity contribution in [1.82, 2.24) is 4.98 Å². The maximum atomic E-state index is 13.3. The number of ether oxygens (including phenoxy) is 1. The van der Waals surface area contributed by atoms with Gasteiger partial charge in [-0.05, 0) is 24.6 Å². The first kappa shape index (κ1) is 11.9. The molecular formula is C13H11ClFNO. The minimum Gasteiger partial charge on any atom is -0.455 e. The molecule has 0 aliphatic rings. The lowest BCUT2D eigenvalue weighted by molar-refractivity contribution is 0.469. The van der Waals surface area contributed by atoms with E-state index in [1.165, 1.54) is 6.07 Å².